The SMILES string of the molecule is O=C(NC1=N[C@@]2(c3ccc(F)cc3F)CO[C@@H](c3cn4cccnc4n3)C[C@H]2CS1)c1ccccc1. The van der Waals surface area contributed by atoms with Crippen LogP contribution in [0, 0.1) is 17.6 Å². The monoisotopic (exact) mass is 505 g/mol. The predicted octanol–water partition coefficient (Wildman–Crippen LogP) is 4.51. The molecule has 0 unspecified atom stereocenters. The number of aromatic nitrogens is 3. The van der Waals surface area contributed by atoms with Gasteiger partial charge in [0.25, 0.3) is 5.91 Å². The van der Waals surface area contributed by atoms with Gasteiger partial charge in [-0.25, -0.2) is 23.7 Å². The van der Waals surface area contributed by atoms with E-state index in [1.165, 1.54) is 23.9 Å². The number of imidazole rings is 1. The van der Waals surface area contributed by atoms with Gasteiger partial charge in [0.2, 0.25) is 5.78 Å². The standard InChI is InChI=1S/C26H21F2N5O2S/c27-18-7-8-19(20(28)12-18)26-15-35-22(21-13-33-10-4-9-29-24(33)30-21)11-17(26)14-36-25(32-26)31-23(34)16-5-2-1-3-6-16/h1-10,12-13,17,22H,11,14-15H2,(H,31,32,34)/t17-,22+,26-/m0/s1. The number of nitrogens with zero attached hydrogens (tertiary/aromatic N) is 4. The largest absolute Gasteiger partial charge is 0.369 e. The highest BCUT2D eigenvalue weighted by molar-refractivity contribution is 8.13. The van der Waals surface area contributed by atoms with E-state index in [2.05, 4.69) is 15.3 Å². The van der Waals surface area contributed by atoms with Crippen LogP contribution < -0.4 is 5.32 Å². The lowest BCUT2D eigenvalue weighted by Gasteiger charge is -2.46. The molecule has 7 nitrogen and oxygen atoms in total. The van der Waals surface area contributed by atoms with Crippen molar-refractivity contribution in [2.75, 3.05) is 12.4 Å². The summed E-state index contributed by atoms with van der Waals surface area (Å²) in [5.74, 6) is -0.667. The molecule has 2 aliphatic rings. The Morgan fingerprint density at radius 2 is 2.03 bits per heavy atom. The maximum Gasteiger partial charge on any atom is 0.257 e. The smallest absolute Gasteiger partial charge is 0.257 e. The van der Waals surface area contributed by atoms with Crippen molar-refractivity contribution < 1.29 is 18.3 Å². The molecule has 0 radical (unpaired) electrons. The maximum atomic E-state index is 15.1. The molecule has 1 saturated heterocycles. The summed E-state index contributed by atoms with van der Waals surface area (Å²) in [6.45, 7) is 0.0530. The van der Waals surface area contributed by atoms with E-state index < -0.39 is 17.2 Å². The molecule has 10 heteroatoms. The number of amidine groups is 1. The zero-order valence-corrected chi connectivity index (χ0v) is 19.8. The van der Waals surface area contributed by atoms with Crippen LogP contribution in [0.25, 0.3) is 5.78 Å². The minimum atomic E-state index is -1.11. The van der Waals surface area contributed by atoms with Crippen molar-refractivity contribution in [1.82, 2.24) is 19.7 Å². The first-order chi connectivity index (χ1) is 17.5. The van der Waals surface area contributed by atoms with Gasteiger partial charge in [0, 0.05) is 47.5 Å². The average molecular weight is 506 g/mol. The van der Waals surface area contributed by atoms with Gasteiger partial charge in [-0.05, 0) is 30.7 Å². The zero-order valence-electron chi connectivity index (χ0n) is 19.0. The molecule has 2 aromatic carbocycles. The summed E-state index contributed by atoms with van der Waals surface area (Å²) in [6, 6.07) is 14.1. The predicted molar refractivity (Wildman–Crippen MR) is 132 cm³/mol. The number of thioether (sulfide) groups is 1. The third-order valence-corrected chi connectivity index (χ3v) is 7.67. The van der Waals surface area contributed by atoms with Crippen molar-refractivity contribution in [1.29, 1.82) is 0 Å². The van der Waals surface area contributed by atoms with Crippen molar-refractivity contribution in [3.63, 3.8) is 0 Å². The van der Waals surface area contributed by atoms with E-state index in [9.17, 15) is 9.18 Å². The van der Waals surface area contributed by atoms with Crippen LogP contribution in [-0.4, -0.2) is 37.8 Å². The second-order valence-electron chi connectivity index (χ2n) is 8.82. The van der Waals surface area contributed by atoms with Crippen LogP contribution in [0.5, 0.6) is 0 Å². The molecule has 4 heterocycles. The number of rotatable bonds is 3. The Bertz CT molecular complexity index is 1440. The second kappa shape index (κ2) is 9.11. The Morgan fingerprint density at radius 3 is 2.83 bits per heavy atom. The van der Waals surface area contributed by atoms with Crippen LogP contribution in [0.4, 0.5) is 8.78 Å². The highest BCUT2D eigenvalue weighted by Gasteiger charge is 2.50. The first-order valence-corrected chi connectivity index (χ1v) is 12.5. The van der Waals surface area contributed by atoms with Crippen molar-refractivity contribution in [3.05, 3.63) is 102 Å². The van der Waals surface area contributed by atoms with Crippen LogP contribution in [-0.2, 0) is 10.3 Å². The Hall–Kier alpha value is -3.63. The topological polar surface area (TPSA) is 80.9 Å². The molecule has 6 rings (SSSR count). The quantitative estimate of drug-likeness (QED) is 0.443. The Balaban J connectivity index is 1.35. The van der Waals surface area contributed by atoms with Crippen LogP contribution >= 0.6 is 11.8 Å². The number of fused-ring (bicyclic) bond motifs is 2. The summed E-state index contributed by atoms with van der Waals surface area (Å²) in [7, 11) is 0. The average Bonchev–Trinajstić information content (AvgIpc) is 3.33. The first-order valence-electron chi connectivity index (χ1n) is 11.5. The molecule has 1 N–H and O–H groups in total. The van der Waals surface area contributed by atoms with Gasteiger partial charge in [0.1, 0.15) is 23.3 Å². The number of benzene rings is 2. The first kappa shape index (κ1) is 22.8. The molecule has 2 aromatic heterocycles. The van der Waals surface area contributed by atoms with E-state index in [1.807, 2.05) is 28.9 Å². The van der Waals surface area contributed by atoms with Crippen molar-refractivity contribution in [3.8, 4) is 0 Å². The number of hydrogen-bond donors (Lipinski definition) is 1. The molecule has 0 spiro atoms. The summed E-state index contributed by atoms with van der Waals surface area (Å²) in [4.78, 5) is 26.5. The van der Waals surface area contributed by atoms with Gasteiger partial charge < -0.3 is 10.1 Å². The van der Waals surface area contributed by atoms with E-state index in [1.54, 1.807) is 30.5 Å². The summed E-state index contributed by atoms with van der Waals surface area (Å²) in [6.07, 6.45) is 5.61. The summed E-state index contributed by atoms with van der Waals surface area (Å²) in [5.41, 5.74) is 0.358. The Labute approximate surface area is 209 Å². The molecule has 0 saturated carbocycles. The lowest BCUT2D eigenvalue weighted by atomic mass is 9.74. The lowest BCUT2D eigenvalue weighted by molar-refractivity contribution is -0.0605. The minimum absolute atomic E-state index is 0.0530. The van der Waals surface area contributed by atoms with Gasteiger partial charge >= 0.3 is 0 Å². The number of carbonyl (C=O) groups excluding carboxylic acids is 1. The molecule has 3 atom stereocenters. The molecule has 4 aromatic rings. The van der Waals surface area contributed by atoms with Crippen molar-refractivity contribution >= 4 is 28.6 Å². The van der Waals surface area contributed by atoms with Gasteiger partial charge in [-0.2, -0.15) is 0 Å². The zero-order chi connectivity index (χ0) is 24.7. The number of nitrogens with one attached hydrogen (secondary N) is 1. The Morgan fingerprint density at radius 1 is 1.17 bits per heavy atom. The summed E-state index contributed by atoms with van der Waals surface area (Å²) < 4.78 is 37.0. The number of carbonyl (C=O) groups is 1. The fourth-order valence-corrected chi connectivity index (χ4v) is 5.98. The number of hydrogen-bond acceptors (Lipinski definition) is 6. The van der Waals surface area contributed by atoms with E-state index >= 15 is 4.39 Å². The van der Waals surface area contributed by atoms with Gasteiger partial charge in [-0.15, -0.1) is 0 Å². The van der Waals surface area contributed by atoms with E-state index in [0.717, 1.165) is 11.8 Å². The number of amides is 1. The van der Waals surface area contributed by atoms with Crippen LogP contribution in [0.2, 0.25) is 0 Å². The molecule has 182 valence electrons. The van der Waals surface area contributed by atoms with E-state index in [4.69, 9.17) is 9.73 Å². The second-order valence-corrected chi connectivity index (χ2v) is 9.83. The molecule has 1 fully saturated rings. The van der Waals surface area contributed by atoms with Gasteiger partial charge in [0.05, 0.1) is 12.3 Å². The maximum absolute atomic E-state index is 15.1. The number of ether oxygens (including phenoxy) is 1. The molecule has 2 aliphatic heterocycles. The van der Waals surface area contributed by atoms with Gasteiger partial charge in [-0.1, -0.05) is 36.0 Å². The molecule has 0 aliphatic carbocycles. The fourth-order valence-electron chi connectivity index (χ4n) is 4.82. The summed E-state index contributed by atoms with van der Waals surface area (Å²) in [5, 5.41) is 3.23. The molecule has 0 bridgehead atoms. The highest BCUT2D eigenvalue weighted by atomic mass is 32.2. The highest BCUT2D eigenvalue weighted by Crippen LogP contribution is 2.49. The minimum Gasteiger partial charge on any atom is -0.369 e. The molecular formula is C26H21F2N5O2S. The number of halogens is 2. The lowest BCUT2D eigenvalue weighted by Crippen LogP contribution is -2.49. The normalized spacial score (nSPS) is 23.7. The van der Waals surface area contributed by atoms with Crippen molar-refractivity contribution in [2.45, 2.75) is 18.1 Å². The third kappa shape index (κ3) is 4.06. The Kier molecular flexibility index (Phi) is 5.77. The van der Waals surface area contributed by atoms with Crippen molar-refractivity contribution in [2.24, 2.45) is 10.9 Å². The van der Waals surface area contributed by atoms with Crippen LogP contribution in [0.15, 0.2) is 78.2 Å². The molecule has 1 amide bonds. The van der Waals surface area contributed by atoms with Crippen LogP contribution in [0.1, 0.15) is 34.1 Å². The van der Waals surface area contributed by atoms with Gasteiger partial charge in [0.15, 0.2) is 5.17 Å². The fraction of sp³-hybridized carbons (Fsp3) is 0.231. The molecule has 36 heavy (non-hydrogen) atoms. The van der Waals surface area contributed by atoms with E-state index in [0.29, 0.717) is 28.7 Å². The van der Waals surface area contributed by atoms with E-state index in [-0.39, 0.29) is 30.1 Å². The van der Waals surface area contributed by atoms with Crippen LogP contribution in [0.3, 0.4) is 0 Å². The number of aliphatic imine (C=N–C) groups is 1. The third-order valence-electron chi connectivity index (χ3n) is 6.64. The van der Waals surface area contributed by atoms with Gasteiger partial charge in [-0.3, -0.25) is 9.20 Å². The summed E-state index contributed by atoms with van der Waals surface area (Å²) >= 11 is 1.40. The molecular weight excluding hydrogens is 484 g/mol.